The van der Waals surface area contributed by atoms with Gasteiger partial charge in [-0.05, 0) is 23.5 Å². The molecule has 2 heteroatoms. The quantitative estimate of drug-likeness (QED) is 0.830. The molecule has 1 aliphatic heterocycles. The van der Waals surface area contributed by atoms with Crippen LogP contribution in [-0.2, 0) is 5.41 Å². The van der Waals surface area contributed by atoms with E-state index in [0.29, 0.717) is 12.5 Å². The van der Waals surface area contributed by atoms with Gasteiger partial charge in [0.1, 0.15) is 5.75 Å². The van der Waals surface area contributed by atoms with Crippen LogP contribution in [-0.4, -0.2) is 18.3 Å². The summed E-state index contributed by atoms with van der Waals surface area (Å²) in [6, 6.07) is 6.48. The molecule has 2 nitrogen and oxygen atoms in total. The predicted molar refractivity (Wildman–Crippen MR) is 65.1 cm³/mol. The van der Waals surface area contributed by atoms with Crippen molar-refractivity contribution in [2.45, 2.75) is 38.5 Å². The number of rotatable bonds is 2. The van der Waals surface area contributed by atoms with Crippen LogP contribution < -0.4 is 4.74 Å². The third-order valence-corrected chi connectivity index (χ3v) is 3.24. The molecule has 0 saturated heterocycles. The number of ether oxygens (including phenoxy) is 1. The van der Waals surface area contributed by atoms with Gasteiger partial charge in [0, 0.05) is 18.1 Å². The van der Waals surface area contributed by atoms with E-state index in [1.165, 1.54) is 11.1 Å². The van der Waals surface area contributed by atoms with Crippen molar-refractivity contribution in [2.24, 2.45) is 0 Å². The van der Waals surface area contributed by atoms with E-state index in [0.717, 1.165) is 12.2 Å². The molecule has 0 aromatic heterocycles. The van der Waals surface area contributed by atoms with E-state index >= 15 is 0 Å². The van der Waals surface area contributed by atoms with Gasteiger partial charge in [0.25, 0.3) is 0 Å². The summed E-state index contributed by atoms with van der Waals surface area (Å²) in [5.74, 6) is 1.37. The van der Waals surface area contributed by atoms with Crippen LogP contribution in [0, 0.1) is 0 Å². The Kier molecular flexibility index (Phi) is 2.94. The Morgan fingerprint density at radius 3 is 2.75 bits per heavy atom. The van der Waals surface area contributed by atoms with Crippen molar-refractivity contribution in [2.75, 3.05) is 13.2 Å². The maximum absolute atomic E-state index is 8.98. The molecule has 0 amide bonds. The molecule has 1 aromatic carbocycles. The van der Waals surface area contributed by atoms with E-state index in [1.54, 1.807) is 0 Å². The van der Waals surface area contributed by atoms with Crippen molar-refractivity contribution < 1.29 is 9.84 Å². The largest absolute Gasteiger partial charge is 0.493 e. The summed E-state index contributed by atoms with van der Waals surface area (Å²) in [5, 5.41) is 8.98. The van der Waals surface area contributed by atoms with E-state index in [9.17, 15) is 0 Å². The van der Waals surface area contributed by atoms with Crippen LogP contribution in [0.2, 0.25) is 0 Å². The topological polar surface area (TPSA) is 29.5 Å². The van der Waals surface area contributed by atoms with Gasteiger partial charge >= 0.3 is 0 Å². The van der Waals surface area contributed by atoms with Crippen LogP contribution in [0.4, 0.5) is 0 Å². The summed E-state index contributed by atoms with van der Waals surface area (Å²) in [7, 11) is 0. The van der Waals surface area contributed by atoms with Crippen molar-refractivity contribution in [3.05, 3.63) is 29.3 Å². The number of aliphatic hydroxyl groups is 1. The van der Waals surface area contributed by atoms with Crippen LogP contribution in [0.25, 0.3) is 0 Å². The van der Waals surface area contributed by atoms with Crippen LogP contribution >= 0.6 is 0 Å². The van der Waals surface area contributed by atoms with E-state index < -0.39 is 0 Å². The molecule has 0 saturated carbocycles. The smallest absolute Gasteiger partial charge is 0.123 e. The zero-order valence-electron chi connectivity index (χ0n) is 10.3. The third-order valence-electron chi connectivity index (χ3n) is 3.24. The Hall–Kier alpha value is -1.02. The normalized spacial score (nSPS) is 19.4. The molecule has 1 aliphatic rings. The number of aliphatic hydroxyl groups excluding tert-OH is 1. The van der Waals surface area contributed by atoms with Crippen molar-refractivity contribution >= 4 is 0 Å². The predicted octanol–water partition coefficient (Wildman–Crippen LogP) is 2.84. The Balaban J connectivity index is 2.29. The average molecular weight is 220 g/mol. The first-order valence-corrected chi connectivity index (χ1v) is 5.90. The molecule has 0 fully saturated rings. The Morgan fingerprint density at radius 2 is 2.12 bits per heavy atom. The first-order valence-electron chi connectivity index (χ1n) is 5.90. The average Bonchev–Trinajstić information content (AvgIpc) is 2.60. The lowest BCUT2D eigenvalue weighted by Crippen LogP contribution is -2.10. The highest BCUT2D eigenvalue weighted by Gasteiger charge is 2.25. The Morgan fingerprint density at radius 1 is 1.38 bits per heavy atom. The molecule has 1 heterocycles. The number of hydrogen-bond donors (Lipinski definition) is 1. The zero-order valence-corrected chi connectivity index (χ0v) is 10.3. The van der Waals surface area contributed by atoms with Gasteiger partial charge in [-0.15, -0.1) is 0 Å². The molecule has 0 spiro atoms. The van der Waals surface area contributed by atoms with Gasteiger partial charge in [0.2, 0.25) is 0 Å². The van der Waals surface area contributed by atoms with Crippen LogP contribution in [0.3, 0.4) is 0 Å². The number of benzene rings is 1. The minimum atomic E-state index is 0.160. The fraction of sp³-hybridized carbons (Fsp3) is 0.571. The first kappa shape index (κ1) is 11.5. The molecule has 88 valence electrons. The standard InChI is InChI=1S/C14H20O2/c1-14(2,3)11-4-5-12-10(6-7-15)9-16-13(12)8-11/h4-5,8,10,15H,6-7,9H2,1-3H3. The summed E-state index contributed by atoms with van der Waals surface area (Å²) >= 11 is 0. The van der Waals surface area contributed by atoms with Crippen LogP contribution in [0.5, 0.6) is 5.75 Å². The lowest BCUT2D eigenvalue weighted by atomic mass is 9.85. The minimum Gasteiger partial charge on any atom is -0.493 e. The second kappa shape index (κ2) is 4.10. The number of fused-ring (bicyclic) bond motifs is 1. The lowest BCUT2D eigenvalue weighted by molar-refractivity contribution is 0.254. The van der Waals surface area contributed by atoms with E-state index in [-0.39, 0.29) is 12.0 Å². The highest BCUT2D eigenvalue weighted by molar-refractivity contribution is 5.44. The van der Waals surface area contributed by atoms with Crippen molar-refractivity contribution in [1.29, 1.82) is 0 Å². The summed E-state index contributed by atoms with van der Waals surface area (Å²) in [6.45, 7) is 7.55. The molecular formula is C14H20O2. The van der Waals surface area contributed by atoms with Gasteiger partial charge in [0.15, 0.2) is 0 Å². The Labute approximate surface area is 97.3 Å². The molecule has 1 unspecified atom stereocenters. The fourth-order valence-corrected chi connectivity index (χ4v) is 2.14. The summed E-state index contributed by atoms with van der Waals surface area (Å²) < 4.78 is 5.69. The molecule has 0 bridgehead atoms. The maximum atomic E-state index is 8.98. The van der Waals surface area contributed by atoms with Gasteiger partial charge in [0.05, 0.1) is 6.61 Å². The molecule has 0 radical (unpaired) electrons. The monoisotopic (exact) mass is 220 g/mol. The van der Waals surface area contributed by atoms with Crippen LogP contribution in [0.1, 0.15) is 44.2 Å². The zero-order chi connectivity index (χ0) is 11.8. The SMILES string of the molecule is CC(C)(C)c1ccc2c(c1)OCC2CCO. The minimum absolute atomic E-state index is 0.160. The first-order chi connectivity index (χ1) is 7.52. The molecule has 1 N–H and O–H groups in total. The Bertz CT molecular complexity index is 377. The van der Waals surface area contributed by atoms with Gasteiger partial charge < -0.3 is 9.84 Å². The van der Waals surface area contributed by atoms with Crippen molar-refractivity contribution in [3.63, 3.8) is 0 Å². The van der Waals surface area contributed by atoms with Crippen LogP contribution in [0.15, 0.2) is 18.2 Å². The molecule has 0 aliphatic carbocycles. The van der Waals surface area contributed by atoms with Gasteiger partial charge in [-0.1, -0.05) is 32.9 Å². The van der Waals surface area contributed by atoms with Gasteiger partial charge in [-0.3, -0.25) is 0 Å². The number of hydrogen-bond acceptors (Lipinski definition) is 2. The molecule has 16 heavy (non-hydrogen) atoms. The molecule has 2 rings (SSSR count). The van der Waals surface area contributed by atoms with E-state index in [4.69, 9.17) is 9.84 Å². The van der Waals surface area contributed by atoms with Crippen molar-refractivity contribution in [1.82, 2.24) is 0 Å². The highest BCUT2D eigenvalue weighted by atomic mass is 16.5. The maximum Gasteiger partial charge on any atom is 0.123 e. The summed E-state index contributed by atoms with van der Waals surface area (Å²) in [5.41, 5.74) is 2.71. The third kappa shape index (κ3) is 2.07. The molecule has 1 atom stereocenters. The molecule has 1 aromatic rings. The molecular weight excluding hydrogens is 200 g/mol. The lowest BCUT2D eigenvalue weighted by Gasteiger charge is -2.19. The van der Waals surface area contributed by atoms with Gasteiger partial charge in [-0.25, -0.2) is 0 Å². The summed E-state index contributed by atoms with van der Waals surface area (Å²) in [6.07, 6.45) is 0.794. The van der Waals surface area contributed by atoms with Gasteiger partial charge in [-0.2, -0.15) is 0 Å². The second-order valence-corrected chi connectivity index (χ2v) is 5.52. The highest BCUT2D eigenvalue weighted by Crippen LogP contribution is 2.38. The van der Waals surface area contributed by atoms with Crippen molar-refractivity contribution in [3.8, 4) is 5.75 Å². The van der Waals surface area contributed by atoms with E-state index in [1.807, 2.05) is 0 Å². The fourth-order valence-electron chi connectivity index (χ4n) is 2.14. The van der Waals surface area contributed by atoms with E-state index in [2.05, 4.69) is 39.0 Å². The summed E-state index contributed by atoms with van der Waals surface area (Å²) in [4.78, 5) is 0. The second-order valence-electron chi connectivity index (χ2n) is 5.52.